The molecule has 0 atom stereocenters. The number of ether oxygens (including phenoxy) is 1. The predicted octanol–water partition coefficient (Wildman–Crippen LogP) is 5.13. The van der Waals surface area contributed by atoms with Crippen molar-refractivity contribution < 1.29 is 9.53 Å². The Balaban J connectivity index is 1.51. The summed E-state index contributed by atoms with van der Waals surface area (Å²) in [5, 5.41) is 1.65. The zero-order valence-corrected chi connectivity index (χ0v) is 19.6. The number of hydrogen-bond donors (Lipinski definition) is 0. The smallest absolute Gasteiger partial charge is 0.266 e. The number of nitrogens with zero attached hydrogens (tertiary/aromatic N) is 3. The Morgan fingerprint density at radius 2 is 1.88 bits per heavy atom. The van der Waals surface area contributed by atoms with Gasteiger partial charge >= 0.3 is 0 Å². The van der Waals surface area contributed by atoms with Crippen molar-refractivity contribution in [3.8, 4) is 0 Å². The average Bonchev–Trinajstić information content (AvgIpc) is 3.08. The minimum absolute atomic E-state index is 0.110. The number of para-hydroxylation sites is 1. The minimum atomic E-state index is -0.110. The van der Waals surface area contributed by atoms with Crippen LogP contribution in [0.4, 0.5) is 5.82 Å². The van der Waals surface area contributed by atoms with Crippen molar-refractivity contribution >= 4 is 68.6 Å². The molecular weight excluding hydrogens is 462 g/mol. The fourth-order valence-electron chi connectivity index (χ4n) is 3.83. The number of fused-ring (bicyclic) bond motifs is 1. The van der Waals surface area contributed by atoms with Crippen molar-refractivity contribution in [1.29, 1.82) is 0 Å². The number of morpholine rings is 1. The molecule has 162 valence electrons. The maximum absolute atomic E-state index is 13.2. The highest BCUT2D eigenvalue weighted by Gasteiger charge is 2.33. The largest absolute Gasteiger partial charge is 0.378 e. The molecule has 2 saturated heterocycles. The lowest BCUT2D eigenvalue weighted by atomic mass is 10.1. The average molecular weight is 482 g/mol. The molecule has 3 heterocycles. The highest BCUT2D eigenvalue weighted by Crippen LogP contribution is 2.36. The van der Waals surface area contributed by atoms with Crippen LogP contribution in [-0.2, 0) is 16.1 Å². The Morgan fingerprint density at radius 1 is 1.12 bits per heavy atom. The van der Waals surface area contributed by atoms with E-state index in [1.165, 1.54) is 11.8 Å². The molecule has 0 N–H and O–H groups in total. The molecule has 8 heteroatoms. The third kappa shape index (κ3) is 4.26. The number of hydrogen-bond acceptors (Lipinski definition) is 6. The highest BCUT2D eigenvalue weighted by atomic mass is 35.5. The number of aromatic nitrogens is 1. The van der Waals surface area contributed by atoms with Crippen molar-refractivity contribution in [3.63, 3.8) is 0 Å². The molecule has 2 fully saturated rings. The lowest BCUT2D eigenvalue weighted by Gasteiger charge is -2.29. The van der Waals surface area contributed by atoms with Crippen LogP contribution in [0.1, 0.15) is 11.1 Å². The quantitative estimate of drug-likeness (QED) is 0.380. The second kappa shape index (κ2) is 9.19. The molecule has 0 saturated carbocycles. The van der Waals surface area contributed by atoms with Gasteiger partial charge in [0.2, 0.25) is 0 Å². The standard InChI is InChI=1S/C24H20ClN3O2S2/c25-19-7-3-1-6-17(19)15-28-23(29)21(32-24(28)31)14-18-13-16-5-2-4-8-20(16)26-22(18)27-9-11-30-12-10-27/h1-8,13-14H,9-12,15H2/b21-14-. The van der Waals surface area contributed by atoms with Crippen LogP contribution < -0.4 is 4.90 Å². The molecular formula is C24H20ClN3O2S2. The van der Waals surface area contributed by atoms with E-state index < -0.39 is 0 Å². The van der Waals surface area contributed by atoms with Gasteiger partial charge in [-0.1, -0.05) is 72.0 Å². The van der Waals surface area contributed by atoms with Crippen LogP contribution in [0.5, 0.6) is 0 Å². The molecule has 1 amide bonds. The molecule has 2 aliphatic heterocycles. The third-order valence-electron chi connectivity index (χ3n) is 5.49. The van der Waals surface area contributed by atoms with Crippen LogP contribution in [0.25, 0.3) is 17.0 Å². The number of anilines is 1. The van der Waals surface area contributed by atoms with Crippen molar-refractivity contribution in [1.82, 2.24) is 9.88 Å². The molecule has 5 nitrogen and oxygen atoms in total. The fraction of sp³-hybridized carbons (Fsp3) is 0.208. The van der Waals surface area contributed by atoms with Crippen LogP contribution >= 0.6 is 35.6 Å². The minimum Gasteiger partial charge on any atom is -0.378 e. The van der Waals surface area contributed by atoms with E-state index in [0.29, 0.717) is 34.0 Å². The van der Waals surface area contributed by atoms with Gasteiger partial charge in [-0.15, -0.1) is 0 Å². The molecule has 0 radical (unpaired) electrons. The summed E-state index contributed by atoms with van der Waals surface area (Å²) in [5.74, 6) is 0.754. The summed E-state index contributed by atoms with van der Waals surface area (Å²) >= 11 is 13.1. The molecule has 5 rings (SSSR count). The zero-order valence-electron chi connectivity index (χ0n) is 17.2. The Labute approximate surface area is 201 Å². The summed E-state index contributed by atoms with van der Waals surface area (Å²) in [6.07, 6.45) is 1.91. The van der Waals surface area contributed by atoms with Gasteiger partial charge < -0.3 is 9.64 Å². The predicted molar refractivity (Wildman–Crippen MR) is 135 cm³/mol. The van der Waals surface area contributed by atoms with Crippen LogP contribution in [0, 0.1) is 0 Å². The lowest BCUT2D eigenvalue weighted by Crippen LogP contribution is -2.37. The molecule has 0 unspecified atom stereocenters. The Hall–Kier alpha value is -2.45. The summed E-state index contributed by atoms with van der Waals surface area (Å²) in [6, 6.07) is 17.6. The van der Waals surface area contributed by atoms with Crippen molar-refractivity contribution in [2.75, 3.05) is 31.2 Å². The van der Waals surface area contributed by atoms with Crippen molar-refractivity contribution in [2.45, 2.75) is 6.54 Å². The van der Waals surface area contributed by atoms with Crippen LogP contribution in [-0.4, -0.2) is 46.4 Å². The zero-order chi connectivity index (χ0) is 22.1. The van der Waals surface area contributed by atoms with Crippen LogP contribution in [0.2, 0.25) is 5.02 Å². The monoisotopic (exact) mass is 481 g/mol. The first-order chi connectivity index (χ1) is 15.6. The highest BCUT2D eigenvalue weighted by molar-refractivity contribution is 8.26. The molecule has 0 bridgehead atoms. The van der Waals surface area contributed by atoms with E-state index in [1.54, 1.807) is 4.90 Å². The van der Waals surface area contributed by atoms with E-state index >= 15 is 0 Å². The topological polar surface area (TPSA) is 45.7 Å². The fourth-order valence-corrected chi connectivity index (χ4v) is 5.27. The number of carbonyl (C=O) groups is 1. The first-order valence-electron chi connectivity index (χ1n) is 10.3. The summed E-state index contributed by atoms with van der Waals surface area (Å²) in [6.45, 7) is 3.20. The maximum atomic E-state index is 13.2. The summed E-state index contributed by atoms with van der Waals surface area (Å²) in [5.41, 5.74) is 2.70. The SMILES string of the molecule is O=C1/C(=C/c2cc3ccccc3nc2N2CCOCC2)SC(=S)N1Cc1ccccc1Cl. The molecule has 2 aromatic carbocycles. The van der Waals surface area contributed by atoms with Crippen molar-refractivity contribution in [2.24, 2.45) is 0 Å². The number of halogens is 1. The van der Waals surface area contributed by atoms with E-state index in [0.717, 1.165) is 40.9 Å². The first-order valence-corrected chi connectivity index (χ1v) is 11.9. The maximum Gasteiger partial charge on any atom is 0.266 e. The lowest BCUT2D eigenvalue weighted by molar-refractivity contribution is -0.122. The van der Waals surface area contributed by atoms with Gasteiger partial charge in [-0.2, -0.15) is 0 Å². The Morgan fingerprint density at radius 3 is 2.69 bits per heavy atom. The van der Waals surface area contributed by atoms with Crippen LogP contribution in [0.15, 0.2) is 59.5 Å². The van der Waals surface area contributed by atoms with Crippen LogP contribution in [0.3, 0.4) is 0 Å². The molecule has 0 spiro atoms. The van der Waals surface area contributed by atoms with Crippen molar-refractivity contribution in [3.05, 3.63) is 75.7 Å². The first kappa shape index (κ1) is 21.4. The van der Waals surface area contributed by atoms with E-state index in [2.05, 4.69) is 11.0 Å². The summed E-state index contributed by atoms with van der Waals surface area (Å²) in [4.78, 5) is 22.6. The molecule has 32 heavy (non-hydrogen) atoms. The number of benzene rings is 2. The van der Waals surface area contributed by atoms with Gasteiger partial charge in [0, 0.05) is 29.1 Å². The van der Waals surface area contributed by atoms with Gasteiger partial charge in [-0.05, 0) is 29.8 Å². The van der Waals surface area contributed by atoms with E-state index in [4.69, 9.17) is 33.5 Å². The Bertz CT molecular complexity index is 1240. The number of thioether (sulfide) groups is 1. The van der Waals surface area contributed by atoms with Gasteiger partial charge in [-0.3, -0.25) is 9.69 Å². The van der Waals surface area contributed by atoms with Gasteiger partial charge in [0.1, 0.15) is 10.1 Å². The van der Waals surface area contributed by atoms with E-state index in [-0.39, 0.29) is 5.91 Å². The number of rotatable bonds is 4. The second-order valence-corrected chi connectivity index (χ2v) is 9.64. The number of pyridine rings is 1. The third-order valence-corrected chi connectivity index (χ3v) is 7.24. The van der Waals surface area contributed by atoms with E-state index in [1.807, 2.05) is 54.6 Å². The molecule has 2 aliphatic rings. The Kier molecular flexibility index (Phi) is 6.15. The molecule has 3 aromatic rings. The number of amides is 1. The van der Waals surface area contributed by atoms with Gasteiger partial charge in [-0.25, -0.2) is 4.98 Å². The van der Waals surface area contributed by atoms with E-state index in [9.17, 15) is 4.79 Å². The second-order valence-electron chi connectivity index (χ2n) is 7.55. The van der Waals surface area contributed by atoms with Gasteiger partial charge in [0.05, 0.1) is 30.2 Å². The number of thiocarbonyl (C=S) groups is 1. The van der Waals surface area contributed by atoms with Gasteiger partial charge in [0.15, 0.2) is 0 Å². The summed E-state index contributed by atoms with van der Waals surface area (Å²) in [7, 11) is 0. The molecule has 0 aliphatic carbocycles. The normalized spacial score (nSPS) is 18.2. The summed E-state index contributed by atoms with van der Waals surface area (Å²) < 4.78 is 6.05. The van der Waals surface area contributed by atoms with Gasteiger partial charge in [0.25, 0.3) is 5.91 Å². The molecule has 1 aromatic heterocycles. The number of carbonyl (C=O) groups excluding carboxylic acids is 1.